The topological polar surface area (TPSA) is 0 Å². The number of rotatable bonds is 0. The number of hydrogen-bond acceptors (Lipinski definition) is 0. The van der Waals surface area contributed by atoms with Crippen LogP contribution in [0, 0.1) is 11.8 Å². The first-order chi connectivity index (χ1) is 4.88. The lowest BCUT2D eigenvalue weighted by Gasteiger charge is -2.36. The van der Waals surface area contributed by atoms with Crippen LogP contribution >= 0.6 is 0 Å². The number of fused-ring (bicyclic) bond motifs is 2. The summed E-state index contributed by atoms with van der Waals surface area (Å²) >= 11 is 0. The van der Waals surface area contributed by atoms with E-state index in [0.717, 1.165) is 11.8 Å². The second-order valence-corrected chi connectivity index (χ2v) is 3.83. The molecule has 2 fully saturated rings. The van der Waals surface area contributed by atoms with Crippen LogP contribution < -0.4 is 0 Å². The lowest BCUT2D eigenvalue weighted by molar-refractivity contribution is 0.278. The minimum Gasteiger partial charge on any atom is -0.0993 e. The second kappa shape index (κ2) is 2.41. The van der Waals surface area contributed by atoms with Crippen LogP contribution in [0.1, 0.15) is 38.5 Å². The van der Waals surface area contributed by atoms with Crippen molar-refractivity contribution in [2.75, 3.05) is 0 Å². The fourth-order valence-corrected chi connectivity index (χ4v) is 2.58. The van der Waals surface area contributed by atoms with Crippen LogP contribution in [0.15, 0.2) is 12.2 Å². The van der Waals surface area contributed by atoms with Crippen molar-refractivity contribution in [1.82, 2.24) is 0 Å². The van der Waals surface area contributed by atoms with Crippen molar-refractivity contribution in [3.05, 3.63) is 12.2 Å². The maximum atomic E-state index is 4.20. The summed E-state index contributed by atoms with van der Waals surface area (Å²) < 4.78 is 0. The zero-order valence-electron chi connectivity index (χ0n) is 6.60. The normalized spacial score (nSPS) is 39.8. The summed E-state index contributed by atoms with van der Waals surface area (Å²) in [5.41, 5.74) is 1.59. The molecule has 2 bridgehead atoms. The van der Waals surface area contributed by atoms with E-state index in [-0.39, 0.29) is 0 Å². The van der Waals surface area contributed by atoms with Gasteiger partial charge >= 0.3 is 0 Å². The molecule has 2 saturated carbocycles. The van der Waals surface area contributed by atoms with Crippen molar-refractivity contribution >= 4 is 0 Å². The molecule has 0 aromatic heterocycles. The van der Waals surface area contributed by atoms with Gasteiger partial charge in [0.15, 0.2) is 0 Å². The zero-order valence-corrected chi connectivity index (χ0v) is 6.60. The van der Waals surface area contributed by atoms with E-state index in [2.05, 4.69) is 6.58 Å². The van der Waals surface area contributed by atoms with Gasteiger partial charge in [-0.25, -0.2) is 0 Å². The van der Waals surface area contributed by atoms with Crippen LogP contribution in [0.2, 0.25) is 0 Å². The van der Waals surface area contributed by atoms with Gasteiger partial charge in [-0.3, -0.25) is 0 Å². The summed E-state index contributed by atoms with van der Waals surface area (Å²) in [4.78, 5) is 0. The van der Waals surface area contributed by atoms with Crippen LogP contribution in [0.4, 0.5) is 0 Å². The van der Waals surface area contributed by atoms with Crippen molar-refractivity contribution in [2.45, 2.75) is 38.5 Å². The molecule has 0 radical (unpaired) electrons. The zero-order chi connectivity index (χ0) is 6.97. The van der Waals surface area contributed by atoms with Gasteiger partial charge in [0.25, 0.3) is 0 Å². The van der Waals surface area contributed by atoms with E-state index in [1.165, 1.54) is 38.5 Å². The van der Waals surface area contributed by atoms with E-state index in [4.69, 9.17) is 0 Å². The molecule has 2 aliphatic carbocycles. The average Bonchev–Trinajstić information content (AvgIpc) is 1.86. The highest BCUT2D eigenvalue weighted by Gasteiger charge is 2.28. The standard InChI is InChI=1S/C10H16/c1-8-9-4-2-5-10(8)7-3-6-9/h9-10H,1-7H2. The first-order valence-corrected chi connectivity index (χ1v) is 4.56. The number of hydrogen-bond donors (Lipinski definition) is 0. The Bertz CT molecular complexity index is 122. The van der Waals surface area contributed by atoms with E-state index in [9.17, 15) is 0 Å². The van der Waals surface area contributed by atoms with E-state index < -0.39 is 0 Å². The second-order valence-electron chi connectivity index (χ2n) is 3.83. The van der Waals surface area contributed by atoms with Crippen LogP contribution in [0.3, 0.4) is 0 Å². The first kappa shape index (κ1) is 6.45. The van der Waals surface area contributed by atoms with E-state index in [0.29, 0.717) is 0 Å². The predicted octanol–water partition coefficient (Wildman–Crippen LogP) is 3.14. The Kier molecular flexibility index (Phi) is 1.55. The maximum absolute atomic E-state index is 4.20. The fourth-order valence-electron chi connectivity index (χ4n) is 2.58. The minimum atomic E-state index is 0.924. The van der Waals surface area contributed by atoms with Crippen LogP contribution in [0.5, 0.6) is 0 Å². The third-order valence-corrected chi connectivity index (χ3v) is 3.26. The highest BCUT2D eigenvalue weighted by Crippen LogP contribution is 2.42. The molecule has 2 rings (SSSR count). The largest absolute Gasteiger partial charge is 0.0993 e. The lowest BCUT2D eigenvalue weighted by Crippen LogP contribution is -2.23. The summed E-state index contributed by atoms with van der Waals surface area (Å²) in [7, 11) is 0. The molecule has 0 spiro atoms. The van der Waals surface area contributed by atoms with Gasteiger partial charge in [0, 0.05) is 0 Å². The van der Waals surface area contributed by atoms with Crippen molar-refractivity contribution in [1.29, 1.82) is 0 Å². The molecule has 0 nitrogen and oxygen atoms in total. The molecule has 0 heteroatoms. The molecule has 2 aliphatic rings. The van der Waals surface area contributed by atoms with Gasteiger partial charge in [0.2, 0.25) is 0 Å². The molecule has 56 valence electrons. The van der Waals surface area contributed by atoms with Crippen LogP contribution in [-0.2, 0) is 0 Å². The van der Waals surface area contributed by atoms with Gasteiger partial charge in [-0.15, -0.1) is 0 Å². The van der Waals surface area contributed by atoms with Crippen LogP contribution in [-0.4, -0.2) is 0 Å². The third-order valence-electron chi connectivity index (χ3n) is 3.26. The Hall–Kier alpha value is -0.260. The molecular weight excluding hydrogens is 120 g/mol. The first-order valence-electron chi connectivity index (χ1n) is 4.56. The van der Waals surface area contributed by atoms with Crippen molar-refractivity contribution in [3.63, 3.8) is 0 Å². The smallest absolute Gasteiger partial charge is 0.0203 e. The van der Waals surface area contributed by atoms with Crippen LogP contribution in [0.25, 0.3) is 0 Å². The molecule has 0 amide bonds. The van der Waals surface area contributed by atoms with Gasteiger partial charge in [-0.1, -0.05) is 25.0 Å². The van der Waals surface area contributed by atoms with Gasteiger partial charge in [-0.2, -0.15) is 0 Å². The average molecular weight is 136 g/mol. The summed E-state index contributed by atoms with van der Waals surface area (Å²) in [6, 6.07) is 0. The summed E-state index contributed by atoms with van der Waals surface area (Å²) in [6.07, 6.45) is 8.69. The molecule has 0 aromatic rings. The van der Waals surface area contributed by atoms with Gasteiger partial charge in [0.05, 0.1) is 0 Å². The molecule has 0 unspecified atom stereocenters. The molecule has 10 heavy (non-hydrogen) atoms. The highest BCUT2D eigenvalue weighted by molar-refractivity contribution is 5.10. The summed E-state index contributed by atoms with van der Waals surface area (Å²) in [5.74, 6) is 1.85. The Morgan fingerprint density at radius 2 is 1.30 bits per heavy atom. The molecule has 0 atom stereocenters. The van der Waals surface area contributed by atoms with Crippen molar-refractivity contribution in [3.8, 4) is 0 Å². The quantitative estimate of drug-likeness (QED) is 0.449. The van der Waals surface area contributed by atoms with Gasteiger partial charge in [0.1, 0.15) is 0 Å². The Morgan fingerprint density at radius 1 is 0.900 bits per heavy atom. The monoisotopic (exact) mass is 136 g/mol. The highest BCUT2D eigenvalue weighted by atomic mass is 14.3. The van der Waals surface area contributed by atoms with E-state index in [1.54, 1.807) is 5.57 Å². The van der Waals surface area contributed by atoms with Crippen molar-refractivity contribution in [2.24, 2.45) is 11.8 Å². The molecule has 0 heterocycles. The Morgan fingerprint density at radius 3 is 1.60 bits per heavy atom. The summed E-state index contributed by atoms with van der Waals surface area (Å²) in [6.45, 7) is 4.20. The predicted molar refractivity (Wildman–Crippen MR) is 43.8 cm³/mol. The molecule has 0 aromatic carbocycles. The molecule has 0 N–H and O–H groups in total. The Labute approximate surface area is 63.3 Å². The third kappa shape index (κ3) is 0.902. The van der Waals surface area contributed by atoms with Crippen molar-refractivity contribution < 1.29 is 0 Å². The van der Waals surface area contributed by atoms with Gasteiger partial charge in [-0.05, 0) is 37.5 Å². The fraction of sp³-hybridized carbons (Fsp3) is 0.800. The van der Waals surface area contributed by atoms with Gasteiger partial charge < -0.3 is 0 Å². The van der Waals surface area contributed by atoms with E-state index >= 15 is 0 Å². The lowest BCUT2D eigenvalue weighted by atomic mass is 9.69. The molecule has 0 saturated heterocycles. The van der Waals surface area contributed by atoms with E-state index in [1.807, 2.05) is 0 Å². The molecule has 0 aliphatic heterocycles. The summed E-state index contributed by atoms with van der Waals surface area (Å²) in [5, 5.41) is 0. The maximum Gasteiger partial charge on any atom is -0.0203 e. The SMILES string of the molecule is C=C1C2CCCC1CCC2. The minimum absolute atomic E-state index is 0.924. The Balaban J connectivity index is 2.12. The number of allylic oxidation sites excluding steroid dienone is 1. The molecular formula is C10H16.